The van der Waals surface area contributed by atoms with Gasteiger partial charge in [0.05, 0.1) is 11.9 Å². The Bertz CT molecular complexity index is 613. The summed E-state index contributed by atoms with van der Waals surface area (Å²) in [5.41, 5.74) is 2.25. The average molecular weight is 259 g/mol. The zero-order valence-electron chi connectivity index (χ0n) is 11.1. The van der Waals surface area contributed by atoms with Crippen molar-refractivity contribution in [3.8, 4) is 0 Å². The average Bonchev–Trinajstić information content (AvgIpc) is 3.06. The van der Waals surface area contributed by atoms with E-state index in [4.69, 9.17) is 0 Å². The van der Waals surface area contributed by atoms with Gasteiger partial charge in [0.25, 0.3) is 5.91 Å². The molecule has 0 saturated carbocycles. The molecular weight excluding hydrogens is 242 g/mol. The second kappa shape index (κ2) is 4.62. The van der Waals surface area contributed by atoms with Crippen LogP contribution in [-0.4, -0.2) is 46.0 Å². The van der Waals surface area contributed by atoms with Gasteiger partial charge < -0.3 is 10.2 Å². The van der Waals surface area contributed by atoms with E-state index in [1.54, 1.807) is 35.9 Å². The van der Waals surface area contributed by atoms with Crippen LogP contribution < -0.4 is 5.32 Å². The molecule has 3 heterocycles. The topological polar surface area (TPSA) is 62.5 Å². The number of carbonyl (C=O) groups is 1. The zero-order valence-corrected chi connectivity index (χ0v) is 11.1. The van der Waals surface area contributed by atoms with Crippen LogP contribution in [0.3, 0.4) is 0 Å². The van der Waals surface area contributed by atoms with Crippen LogP contribution in [-0.2, 0) is 0 Å². The van der Waals surface area contributed by atoms with Gasteiger partial charge in [-0.1, -0.05) is 0 Å². The van der Waals surface area contributed by atoms with E-state index in [1.165, 1.54) is 6.42 Å². The van der Waals surface area contributed by atoms with Gasteiger partial charge in [0.2, 0.25) is 0 Å². The molecule has 3 rings (SSSR count). The maximum atomic E-state index is 12.1. The normalized spacial score (nSPS) is 18.9. The highest BCUT2D eigenvalue weighted by Crippen LogP contribution is 2.23. The number of rotatable bonds is 2. The fraction of sp³-hybridized carbons (Fsp3) is 0.462. The Kier molecular flexibility index (Phi) is 2.94. The molecule has 1 aliphatic rings. The maximum Gasteiger partial charge on any atom is 0.258 e. The van der Waals surface area contributed by atoms with E-state index in [0.29, 0.717) is 17.3 Å². The third-order valence-corrected chi connectivity index (χ3v) is 3.48. The van der Waals surface area contributed by atoms with Gasteiger partial charge in [-0.2, -0.15) is 5.10 Å². The van der Waals surface area contributed by atoms with Crippen LogP contribution in [0.2, 0.25) is 0 Å². The lowest BCUT2D eigenvalue weighted by atomic mass is 10.1. The summed E-state index contributed by atoms with van der Waals surface area (Å²) in [5, 5.41) is 7.78. The van der Waals surface area contributed by atoms with Crippen LogP contribution in [0.1, 0.15) is 34.9 Å². The van der Waals surface area contributed by atoms with E-state index in [1.807, 2.05) is 6.07 Å². The molecule has 1 saturated heterocycles. The first-order chi connectivity index (χ1) is 9.18. The first kappa shape index (κ1) is 12.1. The molecule has 100 valence electrons. The lowest BCUT2D eigenvalue weighted by Gasteiger charge is -2.12. The quantitative estimate of drug-likeness (QED) is 0.868. The molecule has 0 aromatic carbocycles. The molecular formula is C13H17N5O. The number of fused-ring (bicyclic) bond motifs is 1. The predicted octanol–water partition coefficient (Wildman–Crippen LogP) is 0.856. The van der Waals surface area contributed by atoms with Gasteiger partial charge in [-0.25, -0.2) is 9.50 Å². The number of nitrogens with zero attached hydrogens (tertiary/aromatic N) is 4. The maximum absolute atomic E-state index is 12.1. The van der Waals surface area contributed by atoms with Crippen LogP contribution in [0.15, 0.2) is 18.5 Å². The van der Waals surface area contributed by atoms with Gasteiger partial charge in [-0.3, -0.25) is 4.79 Å². The van der Waals surface area contributed by atoms with E-state index < -0.39 is 0 Å². The Hall–Kier alpha value is -1.95. The molecule has 1 N–H and O–H groups in total. The first-order valence-corrected chi connectivity index (χ1v) is 6.46. The molecule has 0 radical (unpaired) electrons. The summed E-state index contributed by atoms with van der Waals surface area (Å²) in [6, 6.07) is 2.26. The number of amides is 1. The van der Waals surface area contributed by atoms with Crippen molar-refractivity contribution in [1.29, 1.82) is 0 Å². The van der Waals surface area contributed by atoms with Crippen molar-refractivity contribution in [3.05, 3.63) is 29.7 Å². The van der Waals surface area contributed by atoms with Crippen molar-refractivity contribution in [2.24, 2.45) is 0 Å². The van der Waals surface area contributed by atoms with Crippen molar-refractivity contribution in [2.75, 3.05) is 20.6 Å². The number of hydrogen-bond donors (Lipinski definition) is 1. The Balaban J connectivity index is 2.10. The third-order valence-electron chi connectivity index (χ3n) is 3.48. The summed E-state index contributed by atoms with van der Waals surface area (Å²) in [7, 11) is 3.46. The standard InChI is InChI=1S/C13H17N5O/c1-17(2)13(19)9-8-16-18-11(5-7-15-12(9)18)10-4-3-6-14-10/h5,7-8,10,14H,3-4,6H2,1-2H3/t10-/m0/s1. The van der Waals surface area contributed by atoms with E-state index in [0.717, 1.165) is 18.7 Å². The van der Waals surface area contributed by atoms with Crippen molar-refractivity contribution in [1.82, 2.24) is 24.8 Å². The monoisotopic (exact) mass is 259 g/mol. The van der Waals surface area contributed by atoms with E-state index in [2.05, 4.69) is 15.4 Å². The van der Waals surface area contributed by atoms with Crippen molar-refractivity contribution < 1.29 is 4.79 Å². The van der Waals surface area contributed by atoms with Crippen LogP contribution in [0.5, 0.6) is 0 Å². The summed E-state index contributed by atoms with van der Waals surface area (Å²) in [6.45, 7) is 1.03. The van der Waals surface area contributed by atoms with Crippen molar-refractivity contribution >= 4 is 11.6 Å². The van der Waals surface area contributed by atoms with Crippen LogP contribution in [0.4, 0.5) is 0 Å². The number of aromatic nitrogens is 3. The Morgan fingerprint density at radius 1 is 1.53 bits per heavy atom. The van der Waals surface area contributed by atoms with Crippen molar-refractivity contribution in [3.63, 3.8) is 0 Å². The number of hydrogen-bond acceptors (Lipinski definition) is 4. The lowest BCUT2D eigenvalue weighted by Crippen LogP contribution is -2.22. The highest BCUT2D eigenvalue weighted by molar-refractivity contribution is 5.99. The fourth-order valence-electron chi connectivity index (χ4n) is 2.50. The predicted molar refractivity (Wildman–Crippen MR) is 71.0 cm³/mol. The smallest absolute Gasteiger partial charge is 0.258 e. The van der Waals surface area contributed by atoms with Crippen molar-refractivity contribution in [2.45, 2.75) is 18.9 Å². The minimum atomic E-state index is -0.0703. The number of carbonyl (C=O) groups excluding carboxylic acids is 1. The molecule has 0 spiro atoms. The van der Waals surface area contributed by atoms with Gasteiger partial charge in [0.15, 0.2) is 5.65 Å². The first-order valence-electron chi connectivity index (χ1n) is 6.46. The van der Waals surface area contributed by atoms with Crippen LogP contribution >= 0.6 is 0 Å². The van der Waals surface area contributed by atoms with Gasteiger partial charge in [0.1, 0.15) is 5.56 Å². The SMILES string of the molecule is CN(C)C(=O)c1cnn2c([C@@H]3CCCN3)ccnc12. The Labute approximate surface area is 111 Å². The molecule has 0 unspecified atom stereocenters. The molecule has 0 aliphatic carbocycles. The molecule has 1 fully saturated rings. The molecule has 0 bridgehead atoms. The summed E-state index contributed by atoms with van der Waals surface area (Å²) >= 11 is 0. The molecule has 6 nitrogen and oxygen atoms in total. The highest BCUT2D eigenvalue weighted by atomic mass is 16.2. The fourth-order valence-corrected chi connectivity index (χ4v) is 2.50. The Morgan fingerprint density at radius 2 is 2.37 bits per heavy atom. The minimum absolute atomic E-state index is 0.0703. The molecule has 2 aromatic rings. The molecule has 1 amide bonds. The van der Waals surface area contributed by atoms with E-state index in [-0.39, 0.29) is 5.91 Å². The molecule has 1 aliphatic heterocycles. The highest BCUT2D eigenvalue weighted by Gasteiger charge is 2.22. The molecule has 1 atom stereocenters. The second-order valence-electron chi connectivity index (χ2n) is 5.01. The second-order valence-corrected chi connectivity index (χ2v) is 5.01. The van der Waals surface area contributed by atoms with Gasteiger partial charge in [0, 0.05) is 26.3 Å². The summed E-state index contributed by atoms with van der Waals surface area (Å²) in [4.78, 5) is 17.9. The van der Waals surface area contributed by atoms with Crippen LogP contribution in [0, 0.1) is 0 Å². The van der Waals surface area contributed by atoms with Gasteiger partial charge in [-0.05, 0) is 25.5 Å². The van der Waals surface area contributed by atoms with Gasteiger partial charge in [-0.15, -0.1) is 0 Å². The van der Waals surface area contributed by atoms with E-state index in [9.17, 15) is 4.79 Å². The molecule has 2 aromatic heterocycles. The molecule has 19 heavy (non-hydrogen) atoms. The third kappa shape index (κ3) is 1.98. The van der Waals surface area contributed by atoms with E-state index >= 15 is 0 Å². The summed E-state index contributed by atoms with van der Waals surface area (Å²) in [5.74, 6) is -0.0703. The minimum Gasteiger partial charge on any atom is -0.345 e. The molecule has 6 heteroatoms. The largest absolute Gasteiger partial charge is 0.345 e. The summed E-state index contributed by atoms with van der Waals surface area (Å²) in [6.07, 6.45) is 5.61. The van der Waals surface area contributed by atoms with Crippen LogP contribution in [0.25, 0.3) is 5.65 Å². The lowest BCUT2D eigenvalue weighted by molar-refractivity contribution is 0.0829. The van der Waals surface area contributed by atoms with Gasteiger partial charge >= 0.3 is 0 Å². The summed E-state index contributed by atoms with van der Waals surface area (Å²) < 4.78 is 1.78. The zero-order chi connectivity index (χ0) is 13.4. The number of nitrogens with one attached hydrogen (secondary N) is 1. The Morgan fingerprint density at radius 3 is 3.05 bits per heavy atom.